The summed E-state index contributed by atoms with van der Waals surface area (Å²) < 4.78 is 0. The molecule has 0 spiro atoms. The first kappa shape index (κ1) is 24.7. The smallest absolute Gasteiger partial charge is 0.129 e. The van der Waals surface area contributed by atoms with Gasteiger partial charge in [0.15, 0.2) is 0 Å². The van der Waals surface area contributed by atoms with Gasteiger partial charge in [-0.1, -0.05) is 129 Å². The second-order valence-electron chi connectivity index (χ2n) is 8.17. The van der Waals surface area contributed by atoms with Crippen LogP contribution in [0.1, 0.15) is 149 Å². The first-order valence-corrected chi connectivity index (χ1v) is 11.8. The molecule has 0 rings (SSSR count). The van der Waals surface area contributed by atoms with Gasteiger partial charge in [-0.25, -0.2) is 0 Å². The number of carbonyl (C=O) groups excluding carboxylic acids is 1. The standard InChI is InChI=1S/C24H48O/c1-3-4-5-6-7-8-9-10-11-12-13-14-15-16-17-18-19-20-21-22-23-24(2)25/h3-23H2,1-2H3. The van der Waals surface area contributed by atoms with Crippen LogP contribution in [0.3, 0.4) is 0 Å². The minimum absolute atomic E-state index is 0.349. The van der Waals surface area contributed by atoms with Crippen LogP contribution < -0.4 is 0 Å². The van der Waals surface area contributed by atoms with Crippen molar-refractivity contribution in [1.29, 1.82) is 0 Å². The van der Waals surface area contributed by atoms with Crippen molar-refractivity contribution in [3.05, 3.63) is 0 Å². The molecule has 150 valence electrons. The number of unbranched alkanes of at least 4 members (excludes halogenated alkanes) is 19. The molecule has 0 N–H and O–H groups in total. The van der Waals surface area contributed by atoms with E-state index >= 15 is 0 Å². The molecule has 0 unspecified atom stereocenters. The van der Waals surface area contributed by atoms with Gasteiger partial charge in [0, 0.05) is 6.42 Å². The highest BCUT2D eigenvalue weighted by Crippen LogP contribution is 2.15. The molecule has 1 heteroatoms. The molecule has 0 fully saturated rings. The lowest BCUT2D eigenvalue weighted by Gasteiger charge is -2.04. The molecule has 0 aliphatic heterocycles. The molecule has 0 atom stereocenters. The topological polar surface area (TPSA) is 17.1 Å². The minimum atomic E-state index is 0.349. The van der Waals surface area contributed by atoms with Crippen molar-refractivity contribution >= 4 is 5.78 Å². The summed E-state index contributed by atoms with van der Waals surface area (Å²) in [6, 6.07) is 0. The first-order chi connectivity index (χ1) is 12.3. The quantitative estimate of drug-likeness (QED) is 0.189. The van der Waals surface area contributed by atoms with Gasteiger partial charge < -0.3 is 4.79 Å². The zero-order valence-corrected chi connectivity index (χ0v) is 17.8. The van der Waals surface area contributed by atoms with Gasteiger partial charge in [0.05, 0.1) is 0 Å². The van der Waals surface area contributed by atoms with Gasteiger partial charge in [-0.2, -0.15) is 0 Å². The minimum Gasteiger partial charge on any atom is -0.300 e. The summed E-state index contributed by atoms with van der Waals surface area (Å²) in [6.07, 6.45) is 29.0. The molecule has 0 radical (unpaired) electrons. The van der Waals surface area contributed by atoms with E-state index in [0.717, 1.165) is 12.8 Å². The predicted octanol–water partition coefficient (Wildman–Crippen LogP) is 8.79. The number of Topliss-reactive ketones (excluding diaryl/α,β-unsaturated/α-hetero) is 1. The van der Waals surface area contributed by atoms with E-state index < -0.39 is 0 Å². The molecule has 1 nitrogen and oxygen atoms in total. The van der Waals surface area contributed by atoms with Gasteiger partial charge in [0.25, 0.3) is 0 Å². The van der Waals surface area contributed by atoms with Crippen LogP contribution >= 0.6 is 0 Å². The van der Waals surface area contributed by atoms with Gasteiger partial charge in [-0.05, 0) is 13.3 Å². The Morgan fingerprint density at radius 2 is 0.680 bits per heavy atom. The van der Waals surface area contributed by atoms with Crippen LogP contribution in [0.5, 0.6) is 0 Å². The highest BCUT2D eigenvalue weighted by atomic mass is 16.1. The van der Waals surface area contributed by atoms with E-state index in [1.165, 1.54) is 122 Å². The Hall–Kier alpha value is -0.330. The lowest BCUT2D eigenvalue weighted by Crippen LogP contribution is -1.89. The second kappa shape index (κ2) is 21.7. The Morgan fingerprint density at radius 3 is 0.920 bits per heavy atom. The Labute approximate surface area is 159 Å². The summed E-state index contributed by atoms with van der Waals surface area (Å²) in [5.41, 5.74) is 0. The van der Waals surface area contributed by atoms with E-state index in [1.54, 1.807) is 6.92 Å². The molecular formula is C24H48O. The zero-order chi connectivity index (χ0) is 18.4. The van der Waals surface area contributed by atoms with E-state index in [0.29, 0.717) is 5.78 Å². The normalized spacial score (nSPS) is 11.1. The lowest BCUT2D eigenvalue weighted by atomic mass is 10.0. The third kappa shape index (κ3) is 23.7. The molecular weight excluding hydrogens is 304 g/mol. The Kier molecular flexibility index (Phi) is 21.4. The first-order valence-electron chi connectivity index (χ1n) is 11.8. The summed E-state index contributed by atoms with van der Waals surface area (Å²) in [5.74, 6) is 0.349. The van der Waals surface area contributed by atoms with Crippen molar-refractivity contribution in [1.82, 2.24) is 0 Å². The number of carbonyl (C=O) groups is 1. The summed E-state index contributed by atoms with van der Waals surface area (Å²) in [7, 11) is 0. The fourth-order valence-electron chi connectivity index (χ4n) is 3.63. The van der Waals surface area contributed by atoms with Crippen LogP contribution in [-0.4, -0.2) is 5.78 Å². The van der Waals surface area contributed by atoms with Crippen LogP contribution in [0.15, 0.2) is 0 Å². The molecule has 0 aromatic rings. The van der Waals surface area contributed by atoms with E-state index in [2.05, 4.69) is 6.92 Å². The Bertz CT molecular complexity index is 259. The SMILES string of the molecule is CCCCCCCCCCCCCCCCCCCCCCC(C)=O. The molecule has 0 aromatic heterocycles. The molecule has 0 aliphatic rings. The van der Waals surface area contributed by atoms with Gasteiger partial charge in [0.1, 0.15) is 5.78 Å². The molecule has 0 amide bonds. The largest absolute Gasteiger partial charge is 0.300 e. The summed E-state index contributed by atoms with van der Waals surface area (Å²) in [4.78, 5) is 10.8. The van der Waals surface area contributed by atoms with Crippen LogP contribution in [0.2, 0.25) is 0 Å². The highest BCUT2D eigenvalue weighted by Gasteiger charge is 1.96. The number of ketones is 1. The monoisotopic (exact) mass is 352 g/mol. The van der Waals surface area contributed by atoms with Gasteiger partial charge in [0.2, 0.25) is 0 Å². The maximum atomic E-state index is 10.8. The van der Waals surface area contributed by atoms with Crippen molar-refractivity contribution < 1.29 is 4.79 Å². The van der Waals surface area contributed by atoms with Gasteiger partial charge in [-0.15, -0.1) is 0 Å². The molecule has 25 heavy (non-hydrogen) atoms. The van der Waals surface area contributed by atoms with E-state index in [1.807, 2.05) is 0 Å². The molecule has 0 bridgehead atoms. The average Bonchev–Trinajstić information content (AvgIpc) is 2.60. The number of rotatable bonds is 21. The average molecular weight is 353 g/mol. The number of hydrogen-bond acceptors (Lipinski definition) is 1. The van der Waals surface area contributed by atoms with E-state index in [-0.39, 0.29) is 0 Å². The molecule has 0 heterocycles. The fourth-order valence-corrected chi connectivity index (χ4v) is 3.63. The zero-order valence-electron chi connectivity index (χ0n) is 17.8. The summed E-state index contributed by atoms with van der Waals surface area (Å²) >= 11 is 0. The fraction of sp³-hybridized carbons (Fsp3) is 0.958. The Balaban J connectivity index is 2.97. The summed E-state index contributed by atoms with van der Waals surface area (Å²) in [5, 5.41) is 0. The highest BCUT2D eigenvalue weighted by molar-refractivity contribution is 5.75. The van der Waals surface area contributed by atoms with Crippen molar-refractivity contribution in [3.8, 4) is 0 Å². The molecule has 0 aliphatic carbocycles. The number of hydrogen-bond donors (Lipinski definition) is 0. The molecule has 0 saturated heterocycles. The maximum absolute atomic E-state index is 10.8. The van der Waals surface area contributed by atoms with Crippen molar-refractivity contribution in [2.24, 2.45) is 0 Å². The van der Waals surface area contributed by atoms with Crippen LogP contribution in [0.25, 0.3) is 0 Å². The van der Waals surface area contributed by atoms with Crippen LogP contribution in [-0.2, 0) is 4.79 Å². The predicted molar refractivity (Wildman–Crippen MR) is 113 cm³/mol. The third-order valence-corrected chi connectivity index (χ3v) is 5.38. The van der Waals surface area contributed by atoms with Crippen LogP contribution in [0.4, 0.5) is 0 Å². The van der Waals surface area contributed by atoms with E-state index in [4.69, 9.17) is 0 Å². The lowest BCUT2D eigenvalue weighted by molar-refractivity contribution is -0.117. The van der Waals surface area contributed by atoms with Crippen molar-refractivity contribution in [2.45, 2.75) is 149 Å². The van der Waals surface area contributed by atoms with Gasteiger partial charge in [-0.3, -0.25) is 0 Å². The van der Waals surface area contributed by atoms with Crippen LogP contribution in [0, 0.1) is 0 Å². The second-order valence-corrected chi connectivity index (χ2v) is 8.17. The van der Waals surface area contributed by atoms with Crippen molar-refractivity contribution in [3.63, 3.8) is 0 Å². The third-order valence-electron chi connectivity index (χ3n) is 5.38. The Morgan fingerprint density at radius 1 is 0.440 bits per heavy atom. The summed E-state index contributed by atoms with van der Waals surface area (Å²) in [6.45, 7) is 4.00. The van der Waals surface area contributed by atoms with Crippen molar-refractivity contribution in [2.75, 3.05) is 0 Å². The van der Waals surface area contributed by atoms with Gasteiger partial charge >= 0.3 is 0 Å². The maximum Gasteiger partial charge on any atom is 0.129 e. The molecule has 0 saturated carbocycles. The van der Waals surface area contributed by atoms with E-state index in [9.17, 15) is 4.79 Å². The molecule has 0 aromatic carbocycles.